The first-order valence-electron chi connectivity index (χ1n) is 3.31. The van der Waals surface area contributed by atoms with Crippen LogP contribution < -0.4 is 5.48 Å². The Bertz CT molecular complexity index is 276. The summed E-state index contributed by atoms with van der Waals surface area (Å²) in [7, 11) is -3.34. The van der Waals surface area contributed by atoms with Crippen molar-refractivity contribution in [1.82, 2.24) is 5.48 Å². The lowest BCUT2D eigenvalue weighted by Crippen LogP contribution is -2.27. The lowest BCUT2D eigenvalue weighted by Gasteiger charge is -2.06. The third-order valence-corrected chi connectivity index (χ3v) is 3.93. The average Bonchev–Trinajstić information content (AvgIpc) is 2.66. The van der Waals surface area contributed by atoms with Gasteiger partial charge in [0.25, 0.3) is 5.06 Å². The first kappa shape index (κ1) is 8.70. The zero-order chi connectivity index (χ0) is 8.70. The first-order chi connectivity index (χ1) is 4.96. The van der Waals surface area contributed by atoms with E-state index in [0.717, 1.165) is 0 Å². The Labute approximate surface area is 66.1 Å². The fourth-order valence-electron chi connectivity index (χ4n) is 0.782. The number of hydrogen-bond donors (Lipinski definition) is 1. The fourth-order valence-corrected chi connectivity index (χ4v) is 1.99. The summed E-state index contributed by atoms with van der Waals surface area (Å²) >= 11 is 0. The maximum atomic E-state index is 11.4. The highest BCUT2D eigenvalue weighted by Gasteiger charge is 2.56. The van der Waals surface area contributed by atoms with Gasteiger partial charge >= 0.3 is 0 Å². The van der Waals surface area contributed by atoms with E-state index in [0.29, 0.717) is 6.42 Å². The minimum absolute atomic E-state index is 0.129. The van der Waals surface area contributed by atoms with Crippen LogP contribution in [-0.2, 0) is 14.7 Å². The van der Waals surface area contributed by atoms with Gasteiger partial charge in [-0.2, -0.15) is 5.48 Å². The summed E-state index contributed by atoms with van der Waals surface area (Å²) in [6, 6.07) is 0. The molecule has 0 saturated carbocycles. The van der Waals surface area contributed by atoms with Gasteiger partial charge < -0.3 is 0 Å². The second-order valence-electron chi connectivity index (χ2n) is 2.52. The van der Waals surface area contributed by atoms with E-state index in [1.807, 2.05) is 0 Å². The molecule has 64 valence electrons. The predicted molar refractivity (Wildman–Crippen MR) is 41.0 cm³/mol. The minimum Gasteiger partial charge on any atom is -0.257 e. The Hall–Kier alpha value is -0.390. The summed E-state index contributed by atoms with van der Waals surface area (Å²) in [6.45, 7) is 6.56. The van der Waals surface area contributed by atoms with Gasteiger partial charge in [-0.05, 0) is 6.92 Å². The summed E-state index contributed by atoms with van der Waals surface area (Å²) in [5, 5.41) is -1.17. The van der Waals surface area contributed by atoms with Gasteiger partial charge in [-0.3, -0.25) is 4.84 Å². The molecule has 0 aliphatic carbocycles. The normalized spacial score (nSPS) is 30.0. The molecule has 1 saturated heterocycles. The molecule has 0 aromatic carbocycles. The van der Waals surface area contributed by atoms with Gasteiger partial charge in [-0.25, -0.2) is 8.42 Å². The van der Waals surface area contributed by atoms with E-state index in [4.69, 9.17) is 0 Å². The molecule has 5 heteroatoms. The molecule has 1 rings (SSSR count). The van der Waals surface area contributed by atoms with Crippen molar-refractivity contribution in [2.24, 2.45) is 0 Å². The van der Waals surface area contributed by atoms with Crippen molar-refractivity contribution in [2.45, 2.75) is 25.3 Å². The largest absolute Gasteiger partial charge is 0.266 e. The molecule has 1 unspecified atom stereocenters. The average molecular weight is 177 g/mol. The van der Waals surface area contributed by atoms with Gasteiger partial charge in [0.15, 0.2) is 0 Å². The van der Waals surface area contributed by atoms with Crippen molar-refractivity contribution in [2.75, 3.05) is 0 Å². The molecular formula is C6H11NO3S. The van der Waals surface area contributed by atoms with E-state index in [9.17, 15) is 8.42 Å². The highest BCUT2D eigenvalue weighted by molar-refractivity contribution is 7.96. The van der Waals surface area contributed by atoms with Crippen molar-refractivity contribution >= 4 is 9.84 Å². The SMILES string of the molecule is C=C(C)S(=O)(=O)C1(CC)NO1. The Morgan fingerprint density at radius 2 is 2.18 bits per heavy atom. The third kappa shape index (κ3) is 1.09. The van der Waals surface area contributed by atoms with Crippen LogP contribution in [0.4, 0.5) is 0 Å². The van der Waals surface area contributed by atoms with Crippen LogP contribution in [-0.4, -0.2) is 13.5 Å². The third-order valence-electron chi connectivity index (χ3n) is 1.69. The smallest absolute Gasteiger partial charge is 0.257 e. The van der Waals surface area contributed by atoms with Crippen molar-refractivity contribution < 1.29 is 13.3 Å². The molecule has 4 nitrogen and oxygen atoms in total. The number of hydrogen-bond acceptors (Lipinski definition) is 4. The Morgan fingerprint density at radius 3 is 2.27 bits per heavy atom. The Morgan fingerprint density at radius 1 is 1.73 bits per heavy atom. The summed E-state index contributed by atoms with van der Waals surface area (Å²) in [4.78, 5) is 4.80. The van der Waals surface area contributed by atoms with Crippen LogP contribution in [0.1, 0.15) is 20.3 Å². The lowest BCUT2D eigenvalue weighted by atomic mass is 10.5. The number of rotatable bonds is 3. The van der Waals surface area contributed by atoms with Crippen molar-refractivity contribution in [3.63, 3.8) is 0 Å². The van der Waals surface area contributed by atoms with Crippen molar-refractivity contribution in [3.8, 4) is 0 Å². The van der Waals surface area contributed by atoms with Crippen LogP contribution in [0.2, 0.25) is 0 Å². The number of sulfone groups is 1. The van der Waals surface area contributed by atoms with Crippen molar-refractivity contribution in [1.29, 1.82) is 0 Å². The van der Waals surface area contributed by atoms with Crippen LogP contribution in [0.3, 0.4) is 0 Å². The molecule has 0 spiro atoms. The molecular weight excluding hydrogens is 166 g/mol. The summed E-state index contributed by atoms with van der Waals surface area (Å²) in [6.07, 6.45) is 0.391. The number of hydroxylamine groups is 1. The molecule has 1 N–H and O–H groups in total. The lowest BCUT2D eigenvalue weighted by molar-refractivity contribution is 0.339. The molecule has 0 bridgehead atoms. The minimum atomic E-state index is -3.34. The molecule has 1 aliphatic heterocycles. The van der Waals surface area contributed by atoms with E-state index in [-0.39, 0.29) is 4.91 Å². The molecule has 0 radical (unpaired) electrons. The molecule has 0 aromatic rings. The molecule has 1 heterocycles. The van der Waals surface area contributed by atoms with Gasteiger partial charge in [0, 0.05) is 11.3 Å². The van der Waals surface area contributed by atoms with Crippen LogP contribution in [0.25, 0.3) is 0 Å². The zero-order valence-electron chi connectivity index (χ0n) is 6.55. The Balaban J connectivity index is 2.99. The van der Waals surface area contributed by atoms with E-state index in [1.165, 1.54) is 6.92 Å². The topological polar surface area (TPSA) is 68.6 Å². The van der Waals surface area contributed by atoms with E-state index in [1.54, 1.807) is 6.92 Å². The van der Waals surface area contributed by atoms with Crippen molar-refractivity contribution in [3.05, 3.63) is 11.5 Å². The van der Waals surface area contributed by atoms with Gasteiger partial charge in [-0.15, -0.1) is 0 Å². The van der Waals surface area contributed by atoms with Crippen LogP contribution in [0.5, 0.6) is 0 Å². The monoisotopic (exact) mass is 177 g/mol. The van der Waals surface area contributed by atoms with E-state index in [2.05, 4.69) is 16.9 Å². The standard InChI is InChI=1S/C6H11NO3S/c1-4-6(7-10-6)11(8,9)5(2)3/h7H,2,4H2,1,3H3. The first-order valence-corrected chi connectivity index (χ1v) is 4.80. The molecule has 0 amide bonds. The van der Waals surface area contributed by atoms with E-state index >= 15 is 0 Å². The molecule has 1 atom stereocenters. The zero-order valence-corrected chi connectivity index (χ0v) is 7.36. The second-order valence-corrected chi connectivity index (χ2v) is 4.88. The highest BCUT2D eigenvalue weighted by atomic mass is 32.2. The fraction of sp³-hybridized carbons (Fsp3) is 0.667. The summed E-state index contributed by atoms with van der Waals surface area (Å²) in [5.74, 6) is 0. The maximum absolute atomic E-state index is 11.4. The highest BCUT2D eigenvalue weighted by Crippen LogP contribution is 2.34. The van der Waals surface area contributed by atoms with Gasteiger partial charge in [-0.1, -0.05) is 13.5 Å². The van der Waals surface area contributed by atoms with Gasteiger partial charge in [0.05, 0.1) is 0 Å². The molecule has 0 aromatic heterocycles. The number of nitrogens with one attached hydrogen (secondary N) is 1. The molecule has 1 aliphatic rings. The molecule has 11 heavy (non-hydrogen) atoms. The molecule has 1 fully saturated rings. The maximum Gasteiger partial charge on any atom is 0.266 e. The Kier molecular flexibility index (Phi) is 1.82. The summed E-state index contributed by atoms with van der Waals surface area (Å²) < 4.78 is 22.7. The number of allylic oxidation sites excluding steroid dienone is 1. The second kappa shape index (κ2) is 2.30. The summed E-state index contributed by atoms with van der Waals surface area (Å²) in [5.41, 5.74) is 2.37. The van der Waals surface area contributed by atoms with E-state index < -0.39 is 14.9 Å². The van der Waals surface area contributed by atoms with Crippen LogP contribution >= 0.6 is 0 Å². The van der Waals surface area contributed by atoms with Gasteiger partial charge in [0.1, 0.15) is 0 Å². The quantitative estimate of drug-likeness (QED) is 0.638. The van der Waals surface area contributed by atoms with Crippen LogP contribution in [0, 0.1) is 0 Å². The van der Waals surface area contributed by atoms with Crippen LogP contribution in [0.15, 0.2) is 11.5 Å². The predicted octanol–water partition coefficient (Wildman–Crippen LogP) is 0.533. The van der Waals surface area contributed by atoms with Gasteiger partial charge in [0.2, 0.25) is 9.84 Å².